The topological polar surface area (TPSA) is 136 Å². The van der Waals surface area contributed by atoms with Gasteiger partial charge in [0.2, 0.25) is 19.7 Å². The Labute approximate surface area is 606 Å². The van der Waals surface area contributed by atoms with Crippen molar-refractivity contribution in [1.82, 2.24) is 13.7 Å². The average Bonchev–Trinajstić information content (AvgIpc) is 1.49. The first-order chi connectivity index (χ1) is 49.2. The molecule has 16 heteroatoms. The maximum absolute atomic E-state index is 14.4. The van der Waals surface area contributed by atoms with Gasteiger partial charge in [-0.15, -0.1) is 0 Å². The SMILES string of the molecule is CC1(C)OB(c2ccc(-n3c4ccccc4c4ccccc43)cc2)OC1(C)C.O=C1c2ccc(-c3ccc(-n4c5ccccc5c5ccccc54)cc3)cc2S(=O)(=O)c2cc(-c3ccc(-n4c5ccccc5c5ccccc54)cc3)ccc21.O=C1c2ccc(Br)cc2S(=O)(=O)c2cc(Br)ccc21. The van der Waals surface area contributed by atoms with Gasteiger partial charge in [-0.05, 0) is 189 Å². The van der Waals surface area contributed by atoms with E-state index >= 15 is 0 Å². The van der Waals surface area contributed by atoms with Gasteiger partial charge in [-0.1, -0.05) is 190 Å². The molecule has 0 bridgehead atoms. The number of hydrogen-bond acceptors (Lipinski definition) is 8. The summed E-state index contributed by atoms with van der Waals surface area (Å²) in [4.78, 5) is 26.3. The maximum Gasteiger partial charge on any atom is 0.494 e. The minimum Gasteiger partial charge on any atom is -0.399 e. The van der Waals surface area contributed by atoms with Crippen molar-refractivity contribution in [2.45, 2.75) is 58.5 Å². The van der Waals surface area contributed by atoms with E-state index in [1.165, 1.54) is 67.6 Å². The number of carbonyl (C=O) groups excluding carboxylic acids is 2. The number of fused-ring (bicyclic) bond motifs is 13. The van der Waals surface area contributed by atoms with Crippen molar-refractivity contribution in [3.63, 3.8) is 0 Å². The molecule has 0 amide bonds. The summed E-state index contributed by atoms with van der Waals surface area (Å²) in [6.07, 6.45) is 0. The second-order valence-electron chi connectivity index (χ2n) is 26.8. The lowest BCUT2D eigenvalue weighted by Gasteiger charge is -2.32. The van der Waals surface area contributed by atoms with Crippen molar-refractivity contribution in [2.75, 3.05) is 0 Å². The zero-order valence-corrected chi connectivity index (χ0v) is 60.3. The van der Waals surface area contributed by atoms with Crippen LogP contribution in [0.4, 0.5) is 0 Å². The van der Waals surface area contributed by atoms with Crippen LogP contribution in [0.25, 0.3) is 105 Å². The lowest BCUT2D eigenvalue weighted by Crippen LogP contribution is -2.41. The van der Waals surface area contributed by atoms with Crippen molar-refractivity contribution in [3.05, 3.63) is 322 Å². The molecule has 0 saturated carbocycles. The van der Waals surface area contributed by atoms with E-state index < -0.39 is 19.7 Å². The standard InChI is InChI=1S/C49H30N2O3S.C24H24BNO2.C13H6Br2O3S/c52-49-41-27-21-33(31-17-23-35(24-18-31)50-43-13-5-1-9-37(43)38-10-2-6-14-44(38)50)29-47(41)55(53,54)48-30-34(22-28-42(48)49)32-19-25-36(26-20-32)51-45-15-7-3-11-39(45)40-12-4-8-16-46(40)51;1-23(2)24(3,4)28-25(27-23)17-13-15-18(16-14-17)26-21-11-7-5-9-19(21)20-10-6-8-12-22(20)26;14-7-1-3-9-11(5-7)19(17,18)12-6-8(15)2-4-10(12)13(9)16/h1-30H;5-16H,1-4H3;1-6H. The normalized spacial score (nSPS) is 15.2. The Morgan fingerprint density at radius 2 is 0.549 bits per heavy atom. The van der Waals surface area contributed by atoms with Gasteiger partial charge in [-0.25, -0.2) is 16.8 Å². The van der Waals surface area contributed by atoms with E-state index in [0.717, 1.165) is 66.8 Å². The summed E-state index contributed by atoms with van der Waals surface area (Å²) in [7, 11) is -8.00. The fourth-order valence-corrected chi connectivity index (χ4v) is 19.0. The molecule has 3 aromatic heterocycles. The van der Waals surface area contributed by atoms with Gasteiger partial charge in [0.15, 0.2) is 11.6 Å². The third-order valence-electron chi connectivity index (χ3n) is 20.3. The number of aromatic nitrogens is 3. The van der Waals surface area contributed by atoms with Crippen LogP contribution in [-0.2, 0) is 29.0 Å². The largest absolute Gasteiger partial charge is 0.494 e. The van der Waals surface area contributed by atoms with Crippen LogP contribution in [0.2, 0.25) is 0 Å². The molecule has 19 rings (SSSR count). The Kier molecular flexibility index (Phi) is 15.6. The highest BCUT2D eigenvalue weighted by atomic mass is 79.9. The molecule has 0 aliphatic carbocycles. The van der Waals surface area contributed by atoms with Crippen molar-refractivity contribution in [1.29, 1.82) is 0 Å². The van der Waals surface area contributed by atoms with E-state index in [-0.39, 0.29) is 71.7 Å². The molecule has 0 atom stereocenters. The molecule has 0 radical (unpaired) electrons. The molecule has 3 aliphatic rings. The molecule has 496 valence electrons. The van der Waals surface area contributed by atoms with E-state index in [4.69, 9.17) is 9.31 Å². The number of rotatable bonds is 6. The zero-order valence-electron chi connectivity index (χ0n) is 55.5. The molecule has 0 unspecified atom stereocenters. The number of nitrogens with zero attached hydrogens (tertiary/aromatic N) is 3. The van der Waals surface area contributed by atoms with Crippen LogP contribution in [0.1, 0.15) is 59.5 Å². The number of benzene rings is 13. The first-order valence-corrected chi connectivity index (χ1v) is 37.9. The second-order valence-corrected chi connectivity index (χ2v) is 32.4. The number of halogens is 2. The monoisotopic (exact) mass is 1500 g/mol. The van der Waals surface area contributed by atoms with Gasteiger partial charge in [0.25, 0.3) is 0 Å². The highest BCUT2D eigenvalue weighted by Gasteiger charge is 2.52. The summed E-state index contributed by atoms with van der Waals surface area (Å²) in [5, 5.41) is 7.29. The summed E-state index contributed by atoms with van der Waals surface area (Å²) >= 11 is 6.46. The molecule has 1 fully saturated rings. The Hall–Kier alpha value is -10.6. The number of para-hydroxylation sites is 6. The van der Waals surface area contributed by atoms with Crippen LogP contribution in [0.5, 0.6) is 0 Å². The van der Waals surface area contributed by atoms with E-state index in [1.807, 2.05) is 60.7 Å². The molecule has 6 heterocycles. The summed E-state index contributed by atoms with van der Waals surface area (Å²) < 4.78 is 74.3. The van der Waals surface area contributed by atoms with Gasteiger partial charge in [0.05, 0.1) is 63.9 Å². The Balaban J connectivity index is 0.000000136. The van der Waals surface area contributed by atoms with Gasteiger partial charge in [0.1, 0.15) is 0 Å². The quantitative estimate of drug-likeness (QED) is 0.150. The predicted octanol–water partition coefficient (Wildman–Crippen LogP) is 20.3. The van der Waals surface area contributed by atoms with Crippen LogP contribution >= 0.6 is 31.9 Å². The van der Waals surface area contributed by atoms with E-state index in [9.17, 15) is 26.4 Å². The number of ketones is 2. The summed E-state index contributed by atoms with van der Waals surface area (Å²) in [6.45, 7) is 8.33. The van der Waals surface area contributed by atoms with Gasteiger partial charge >= 0.3 is 7.12 Å². The first-order valence-electron chi connectivity index (χ1n) is 33.3. The molecule has 0 N–H and O–H groups in total. The van der Waals surface area contributed by atoms with Crippen LogP contribution in [-0.4, -0.2) is 60.4 Å². The van der Waals surface area contributed by atoms with Gasteiger partial charge in [-0.3, -0.25) is 9.59 Å². The van der Waals surface area contributed by atoms with Crippen molar-refractivity contribution in [2.24, 2.45) is 0 Å². The lowest BCUT2D eigenvalue weighted by atomic mass is 9.79. The summed E-state index contributed by atoms with van der Waals surface area (Å²) in [5.41, 5.74) is 14.4. The van der Waals surface area contributed by atoms with Crippen LogP contribution in [0, 0.1) is 0 Å². The summed E-state index contributed by atoms with van der Waals surface area (Å²) in [5.74, 6) is -0.554. The molecule has 3 aliphatic heterocycles. The number of sulfone groups is 2. The molecule has 11 nitrogen and oxygen atoms in total. The zero-order chi connectivity index (χ0) is 70.1. The highest BCUT2D eigenvalue weighted by Crippen LogP contribution is 2.43. The predicted molar refractivity (Wildman–Crippen MR) is 415 cm³/mol. The molecule has 1 saturated heterocycles. The molecule has 13 aromatic carbocycles. The fraction of sp³-hybridized carbons (Fsp3) is 0.0698. The summed E-state index contributed by atoms with van der Waals surface area (Å²) in [6, 6.07) is 95.0. The second kappa shape index (κ2) is 24.6. The average molecular weight is 1500 g/mol. The number of hydrogen-bond donors (Lipinski definition) is 0. The van der Waals surface area contributed by atoms with E-state index in [2.05, 4.69) is 243 Å². The lowest BCUT2D eigenvalue weighted by molar-refractivity contribution is 0.00578. The molecule has 102 heavy (non-hydrogen) atoms. The van der Waals surface area contributed by atoms with Crippen molar-refractivity contribution in [3.8, 4) is 39.3 Å². The van der Waals surface area contributed by atoms with Crippen molar-refractivity contribution < 1.29 is 35.7 Å². The fourth-order valence-electron chi connectivity index (χ4n) is 14.5. The Morgan fingerprint density at radius 1 is 0.304 bits per heavy atom. The number of carbonyl (C=O) groups is 2. The highest BCUT2D eigenvalue weighted by molar-refractivity contribution is 9.10. The minimum atomic E-state index is -4.01. The molecule has 0 spiro atoms. The van der Waals surface area contributed by atoms with Crippen LogP contribution < -0.4 is 5.46 Å². The van der Waals surface area contributed by atoms with E-state index in [0.29, 0.717) is 8.95 Å². The van der Waals surface area contributed by atoms with E-state index in [1.54, 1.807) is 36.4 Å². The molecule has 16 aromatic rings. The van der Waals surface area contributed by atoms with Gasteiger partial charge in [-0.2, -0.15) is 0 Å². The smallest absolute Gasteiger partial charge is 0.399 e. The molecular formula is C86H60BBr2N3O8S2. The Morgan fingerprint density at radius 3 is 0.843 bits per heavy atom. The van der Waals surface area contributed by atoms with Gasteiger partial charge in [0, 0.05) is 80.6 Å². The van der Waals surface area contributed by atoms with Crippen LogP contribution in [0.15, 0.2) is 320 Å². The Bertz CT molecular complexity index is 5990. The van der Waals surface area contributed by atoms with Crippen molar-refractivity contribution >= 4 is 141 Å². The first kappa shape index (κ1) is 64.8. The van der Waals surface area contributed by atoms with Crippen LogP contribution in [0.3, 0.4) is 0 Å². The third kappa shape index (κ3) is 10.6. The maximum atomic E-state index is 14.4. The minimum absolute atomic E-state index is 0.0350. The van der Waals surface area contributed by atoms with Gasteiger partial charge < -0.3 is 23.0 Å². The third-order valence-corrected chi connectivity index (χ3v) is 25.0. The molecular weight excluding hydrogens is 1440 g/mol.